The molecule has 0 heterocycles. The lowest BCUT2D eigenvalue weighted by Crippen LogP contribution is -2.41. The third-order valence-corrected chi connectivity index (χ3v) is 2.98. The maximum absolute atomic E-state index is 11.6. The molecule has 1 unspecified atom stereocenters. The van der Waals surface area contributed by atoms with E-state index in [1.165, 1.54) is 0 Å². The van der Waals surface area contributed by atoms with Gasteiger partial charge in [-0.3, -0.25) is 4.79 Å². The van der Waals surface area contributed by atoms with Crippen molar-refractivity contribution in [3.05, 3.63) is 34.3 Å². The van der Waals surface area contributed by atoms with E-state index in [0.29, 0.717) is 6.42 Å². The quantitative estimate of drug-likeness (QED) is 0.892. The Morgan fingerprint density at radius 3 is 2.81 bits per heavy atom. The second-order valence-corrected chi connectivity index (χ2v) is 4.72. The first-order valence-corrected chi connectivity index (χ1v) is 6.15. The van der Waals surface area contributed by atoms with Gasteiger partial charge in [0.2, 0.25) is 5.91 Å². The van der Waals surface area contributed by atoms with Crippen LogP contribution in [0.3, 0.4) is 0 Å². The van der Waals surface area contributed by atoms with Crippen LogP contribution in [0.1, 0.15) is 31.9 Å². The van der Waals surface area contributed by atoms with Gasteiger partial charge in [0.05, 0.1) is 12.1 Å². The van der Waals surface area contributed by atoms with E-state index >= 15 is 0 Å². The molecule has 3 N–H and O–H groups in total. The summed E-state index contributed by atoms with van der Waals surface area (Å²) in [6, 6.07) is 7.42. The van der Waals surface area contributed by atoms with Crippen molar-refractivity contribution in [2.75, 3.05) is 0 Å². The molecule has 0 aliphatic heterocycles. The Balaban J connectivity index is 2.65. The highest BCUT2D eigenvalue weighted by molar-refractivity contribution is 9.10. The molecular weight excluding hydrogens is 268 g/mol. The van der Waals surface area contributed by atoms with Crippen molar-refractivity contribution in [1.29, 1.82) is 0 Å². The van der Waals surface area contributed by atoms with Crippen molar-refractivity contribution in [3.8, 4) is 0 Å². The van der Waals surface area contributed by atoms with E-state index in [9.17, 15) is 4.79 Å². The lowest BCUT2D eigenvalue weighted by Gasteiger charge is -2.17. The monoisotopic (exact) mass is 284 g/mol. The Labute approximate surface area is 105 Å². The van der Waals surface area contributed by atoms with Crippen molar-refractivity contribution < 1.29 is 4.79 Å². The number of carbonyl (C=O) groups is 1. The molecule has 1 amide bonds. The first-order chi connectivity index (χ1) is 7.54. The predicted molar refractivity (Wildman–Crippen MR) is 69.0 cm³/mol. The van der Waals surface area contributed by atoms with Crippen LogP contribution in [0.15, 0.2) is 28.7 Å². The average Bonchev–Trinajstić information content (AvgIpc) is 2.27. The minimum absolute atomic E-state index is 0.0254. The van der Waals surface area contributed by atoms with Crippen LogP contribution in [0.4, 0.5) is 0 Å². The Hall–Kier alpha value is -0.870. The van der Waals surface area contributed by atoms with Gasteiger partial charge in [0, 0.05) is 4.47 Å². The molecule has 0 radical (unpaired) electrons. The first-order valence-electron chi connectivity index (χ1n) is 5.36. The zero-order valence-corrected chi connectivity index (χ0v) is 11.1. The third-order valence-electron chi connectivity index (χ3n) is 2.48. The molecule has 0 aromatic heterocycles. The smallest absolute Gasteiger partial charge is 0.237 e. The van der Waals surface area contributed by atoms with Crippen molar-refractivity contribution in [1.82, 2.24) is 5.32 Å². The van der Waals surface area contributed by atoms with Crippen LogP contribution in [-0.2, 0) is 4.79 Å². The molecule has 2 atom stereocenters. The maximum atomic E-state index is 11.6. The Morgan fingerprint density at radius 1 is 1.56 bits per heavy atom. The second kappa shape index (κ2) is 6.01. The number of rotatable bonds is 4. The van der Waals surface area contributed by atoms with Crippen LogP contribution in [0.25, 0.3) is 0 Å². The molecule has 4 heteroatoms. The molecule has 0 spiro atoms. The Morgan fingerprint density at radius 2 is 2.25 bits per heavy atom. The molecule has 88 valence electrons. The van der Waals surface area contributed by atoms with Crippen LogP contribution >= 0.6 is 15.9 Å². The Kier molecular flexibility index (Phi) is 4.96. The van der Waals surface area contributed by atoms with Crippen molar-refractivity contribution in [2.24, 2.45) is 5.73 Å². The number of carbonyl (C=O) groups excluding carboxylic acids is 1. The summed E-state index contributed by atoms with van der Waals surface area (Å²) in [5.74, 6) is -0.102. The third kappa shape index (κ3) is 3.61. The van der Waals surface area contributed by atoms with Crippen LogP contribution in [0.2, 0.25) is 0 Å². The standard InChI is InChI=1S/C12H17BrN2O/c1-3-11(14)12(16)15-8(2)9-5-4-6-10(13)7-9/h4-8,11H,3,14H2,1-2H3,(H,15,16)/t8-,11?/m0/s1. The summed E-state index contributed by atoms with van der Waals surface area (Å²) in [6.45, 7) is 3.84. The van der Waals surface area contributed by atoms with Gasteiger partial charge in [0.1, 0.15) is 0 Å². The van der Waals surface area contributed by atoms with E-state index in [0.717, 1.165) is 10.0 Å². The molecule has 1 rings (SSSR count). The van der Waals surface area contributed by atoms with E-state index in [1.807, 2.05) is 38.1 Å². The van der Waals surface area contributed by atoms with Crippen LogP contribution in [-0.4, -0.2) is 11.9 Å². The topological polar surface area (TPSA) is 55.1 Å². The van der Waals surface area contributed by atoms with Crippen molar-refractivity contribution >= 4 is 21.8 Å². The minimum Gasteiger partial charge on any atom is -0.348 e. The normalized spacial score (nSPS) is 14.2. The summed E-state index contributed by atoms with van der Waals surface area (Å²) in [4.78, 5) is 11.6. The van der Waals surface area contributed by atoms with Gasteiger partial charge in [-0.2, -0.15) is 0 Å². The van der Waals surface area contributed by atoms with E-state index in [2.05, 4.69) is 21.2 Å². The molecule has 0 saturated heterocycles. The number of halogens is 1. The van der Waals surface area contributed by atoms with Crippen LogP contribution in [0.5, 0.6) is 0 Å². The molecule has 1 aromatic carbocycles. The van der Waals surface area contributed by atoms with Gasteiger partial charge in [-0.05, 0) is 31.0 Å². The average molecular weight is 285 g/mol. The minimum atomic E-state index is -0.422. The number of nitrogens with two attached hydrogens (primary N) is 1. The molecular formula is C12H17BrN2O. The molecule has 0 aliphatic rings. The number of amides is 1. The first kappa shape index (κ1) is 13.2. The van der Waals surface area contributed by atoms with Gasteiger partial charge in [0.25, 0.3) is 0 Å². The van der Waals surface area contributed by atoms with E-state index < -0.39 is 6.04 Å². The fraction of sp³-hybridized carbons (Fsp3) is 0.417. The highest BCUT2D eigenvalue weighted by Crippen LogP contribution is 2.17. The zero-order chi connectivity index (χ0) is 12.1. The van der Waals surface area contributed by atoms with Gasteiger partial charge in [-0.15, -0.1) is 0 Å². The lowest BCUT2D eigenvalue weighted by atomic mass is 10.1. The molecule has 0 fully saturated rings. The maximum Gasteiger partial charge on any atom is 0.237 e. The highest BCUT2D eigenvalue weighted by Gasteiger charge is 2.14. The summed E-state index contributed by atoms with van der Waals surface area (Å²) >= 11 is 3.40. The van der Waals surface area contributed by atoms with E-state index in [4.69, 9.17) is 5.73 Å². The fourth-order valence-corrected chi connectivity index (χ4v) is 1.78. The van der Waals surface area contributed by atoms with Gasteiger partial charge < -0.3 is 11.1 Å². The summed E-state index contributed by atoms with van der Waals surface area (Å²) in [5, 5.41) is 2.89. The van der Waals surface area contributed by atoms with E-state index in [-0.39, 0.29) is 11.9 Å². The number of hydrogen-bond donors (Lipinski definition) is 2. The summed E-state index contributed by atoms with van der Waals surface area (Å²) in [7, 11) is 0. The predicted octanol–water partition coefficient (Wildman–Crippen LogP) is 2.36. The number of benzene rings is 1. The van der Waals surface area contributed by atoms with Gasteiger partial charge in [0.15, 0.2) is 0 Å². The summed E-state index contributed by atoms with van der Waals surface area (Å²) in [6.07, 6.45) is 0.650. The van der Waals surface area contributed by atoms with E-state index in [1.54, 1.807) is 0 Å². The molecule has 3 nitrogen and oxygen atoms in total. The zero-order valence-electron chi connectivity index (χ0n) is 9.53. The molecule has 0 aliphatic carbocycles. The SMILES string of the molecule is CCC(N)C(=O)N[C@@H](C)c1cccc(Br)c1. The summed E-state index contributed by atoms with van der Waals surface area (Å²) in [5.41, 5.74) is 6.71. The van der Waals surface area contributed by atoms with Crippen LogP contribution < -0.4 is 11.1 Å². The van der Waals surface area contributed by atoms with Gasteiger partial charge >= 0.3 is 0 Å². The van der Waals surface area contributed by atoms with Crippen molar-refractivity contribution in [3.63, 3.8) is 0 Å². The molecule has 0 saturated carbocycles. The Bertz CT molecular complexity index is 368. The fourth-order valence-electron chi connectivity index (χ4n) is 1.37. The van der Waals surface area contributed by atoms with Gasteiger partial charge in [-0.25, -0.2) is 0 Å². The number of hydrogen-bond acceptors (Lipinski definition) is 2. The second-order valence-electron chi connectivity index (χ2n) is 3.80. The van der Waals surface area contributed by atoms with Crippen molar-refractivity contribution in [2.45, 2.75) is 32.4 Å². The summed E-state index contributed by atoms with van der Waals surface area (Å²) < 4.78 is 1.01. The lowest BCUT2D eigenvalue weighted by molar-refractivity contribution is -0.123. The highest BCUT2D eigenvalue weighted by atomic mass is 79.9. The molecule has 0 bridgehead atoms. The largest absolute Gasteiger partial charge is 0.348 e. The number of nitrogens with one attached hydrogen (secondary N) is 1. The van der Waals surface area contributed by atoms with Crippen LogP contribution in [0, 0.1) is 0 Å². The van der Waals surface area contributed by atoms with Gasteiger partial charge in [-0.1, -0.05) is 35.0 Å². The molecule has 1 aromatic rings. The molecule has 16 heavy (non-hydrogen) atoms.